The number of hydrogen-bond donors (Lipinski definition) is 1. The highest BCUT2D eigenvalue weighted by atomic mass is 35.5. The summed E-state index contributed by atoms with van der Waals surface area (Å²) in [5.41, 5.74) is 0.640. The highest BCUT2D eigenvalue weighted by molar-refractivity contribution is 7.89. The van der Waals surface area contributed by atoms with Crippen molar-refractivity contribution in [3.63, 3.8) is 0 Å². The first-order chi connectivity index (χ1) is 9.92. The van der Waals surface area contributed by atoms with Crippen LogP contribution in [0.1, 0.15) is 5.56 Å². The molecule has 0 spiro atoms. The van der Waals surface area contributed by atoms with E-state index in [1.807, 2.05) is 0 Å². The number of rotatable bonds is 5. The predicted octanol–water partition coefficient (Wildman–Crippen LogP) is 2.97. The van der Waals surface area contributed by atoms with Gasteiger partial charge in [-0.05, 0) is 35.9 Å². The molecule has 2 aromatic carbocycles. The van der Waals surface area contributed by atoms with Gasteiger partial charge in [-0.1, -0.05) is 23.7 Å². The van der Waals surface area contributed by atoms with Gasteiger partial charge >= 0.3 is 0 Å². The third-order valence-corrected chi connectivity index (χ3v) is 4.45. The smallest absolute Gasteiger partial charge is 0.244 e. The van der Waals surface area contributed by atoms with Crippen molar-refractivity contribution in [1.29, 1.82) is 0 Å². The lowest BCUT2D eigenvalue weighted by Gasteiger charge is -2.11. The fourth-order valence-electron chi connectivity index (χ4n) is 1.72. The molecule has 112 valence electrons. The van der Waals surface area contributed by atoms with E-state index in [0.29, 0.717) is 5.56 Å². The minimum absolute atomic E-state index is 0.0400. The standard InChI is InChI=1S/C14H13ClFNO3S/c1-20-13-7-4-11(15)8-14(13)21(18,19)17-9-10-2-5-12(16)6-3-10/h2-8,17H,9H2,1H3. The van der Waals surface area contributed by atoms with Crippen LogP contribution in [0, 0.1) is 5.82 Å². The maximum Gasteiger partial charge on any atom is 0.244 e. The first-order valence-electron chi connectivity index (χ1n) is 6.00. The summed E-state index contributed by atoms with van der Waals surface area (Å²) in [7, 11) is -2.41. The van der Waals surface area contributed by atoms with Gasteiger partial charge in [0, 0.05) is 11.6 Å². The van der Waals surface area contributed by atoms with Crippen LogP contribution in [0.15, 0.2) is 47.4 Å². The van der Waals surface area contributed by atoms with Crippen molar-refractivity contribution in [2.24, 2.45) is 0 Å². The van der Waals surface area contributed by atoms with E-state index in [1.165, 1.54) is 43.5 Å². The van der Waals surface area contributed by atoms with Crippen LogP contribution in [0.4, 0.5) is 4.39 Å². The van der Waals surface area contributed by atoms with Gasteiger partial charge in [0.25, 0.3) is 0 Å². The Hall–Kier alpha value is -1.63. The Morgan fingerprint density at radius 2 is 1.86 bits per heavy atom. The Kier molecular flexibility index (Phi) is 4.82. The van der Waals surface area contributed by atoms with E-state index in [0.717, 1.165) is 0 Å². The molecule has 0 bridgehead atoms. The molecule has 2 rings (SSSR count). The van der Waals surface area contributed by atoms with Crippen molar-refractivity contribution in [3.05, 3.63) is 58.9 Å². The number of methoxy groups -OCH3 is 1. The molecule has 0 amide bonds. The summed E-state index contributed by atoms with van der Waals surface area (Å²) in [5.74, 6) is -0.177. The molecule has 0 heterocycles. The zero-order valence-corrected chi connectivity index (χ0v) is 12.7. The normalized spacial score (nSPS) is 11.4. The van der Waals surface area contributed by atoms with Crippen molar-refractivity contribution in [2.45, 2.75) is 11.4 Å². The summed E-state index contributed by atoms with van der Waals surface area (Å²) in [6, 6.07) is 9.88. The molecule has 0 radical (unpaired) electrons. The Morgan fingerprint density at radius 3 is 2.48 bits per heavy atom. The van der Waals surface area contributed by atoms with Crippen LogP contribution < -0.4 is 9.46 Å². The summed E-state index contributed by atoms with van der Waals surface area (Å²) >= 11 is 5.82. The van der Waals surface area contributed by atoms with E-state index in [1.54, 1.807) is 6.07 Å². The summed E-state index contributed by atoms with van der Waals surface area (Å²) < 4.78 is 44.8. The average Bonchev–Trinajstić information content (AvgIpc) is 2.47. The highest BCUT2D eigenvalue weighted by Crippen LogP contribution is 2.26. The zero-order valence-electron chi connectivity index (χ0n) is 11.1. The Morgan fingerprint density at radius 1 is 1.19 bits per heavy atom. The Bertz CT molecular complexity index is 732. The number of hydrogen-bond acceptors (Lipinski definition) is 3. The molecule has 1 N–H and O–H groups in total. The van der Waals surface area contributed by atoms with Gasteiger partial charge in [-0.2, -0.15) is 0 Å². The van der Waals surface area contributed by atoms with Crippen LogP contribution in [-0.2, 0) is 16.6 Å². The first-order valence-corrected chi connectivity index (χ1v) is 7.86. The molecular formula is C14H13ClFNO3S. The van der Waals surface area contributed by atoms with Gasteiger partial charge in [0.05, 0.1) is 7.11 Å². The van der Waals surface area contributed by atoms with Crippen LogP contribution in [0.2, 0.25) is 5.02 Å². The minimum Gasteiger partial charge on any atom is -0.495 e. The third kappa shape index (κ3) is 3.93. The van der Waals surface area contributed by atoms with Crippen molar-refractivity contribution in [3.8, 4) is 5.75 Å². The molecule has 4 nitrogen and oxygen atoms in total. The van der Waals surface area contributed by atoms with Gasteiger partial charge in [0.2, 0.25) is 10.0 Å². The second-order valence-corrected chi connectivity index (χ2v) is 6.42. The molecule has 0 atom stereocenters. The second kappa shape index (κ2) is 6.43. The number of sulfonamides is 1. The van der Waals surface area contributed by atoms with Crippen molar-refractivity contribution >= 4 is 21.6 Å². The zero-order chi connectivity index (χ0) is 15.5. The molecule has 0 aromatic heterocycles. The quantitative estimate of drug-likeness (QED) is 0.917. The molecule has 0 aliphatic rings. The molecule has 7 heteroatoms. The van der Waals surface area contributed by atoms with E-state index in [-0.39, 0.29) is 28.0 Å². The molecule has 2 aromatic rings. The molecule has 0 saturated carbocycles. The van der Waals surface area contributed by atoms with Gasteiger partial charge in [0.1, 0.15) is 16.5 Å². The van der Waals surface area contributed by atoms with Gasteiger partial charge in [-0.3, -0.25) is 0 Å². The lowest BCUT2D eigenvalue weighted by atomic mass is 10.2. The van der Waals surface area contributed by atoms with Crippen molar-refractivity contribution in [2.75, 3.05) is 7.11 Å². The molecule has 0 aliphatic carbocycles. The largest absolute Gasteiger partial charge is 0.495 e. The van der Waals surface area contributed by atoms with Gasteiger partial charge in [-0.15, -0.1) is 0 Å². The van der Waals surface area contributed by atoms with Crippen LogP contribution >= 0.6 is 11.6 Å². The maximum absolute atomic E-state index is 12.8. The number of nitrogens with one attached hydrogen (secondary N) is 1. The molecular weight excluding hydrogens is 317 g/mol. The maximum atomic E-state index is 12.8. The molecule has 0 aliphatic heterocycles. The highest BCUT2D eigenvalue weighted by Gasteiger charge is 2.19. The molecule has 21 heavy (non-hydrogen) atoms. The number of halogens is 2. The summed E-state index contributed by atoms with van der Waals surface area (Å²) in [6.07, 6.45) is 0. The van der Waals surface area contributed by atoms with Gasteiger partial charge in [-0.25, -0.2) is 17.5 Å². The predicted molar refractivity (Wildman–Crippen MR) is 78.4 cm³/mol. The first kappa shape index (κ1) is 15.8. The number of ether oxygens (including phenoxy) is 1. The summed E-state index contributed by atoms with van der Waals surface area (Å²) in [6.45, 7) is 0.0400. The van der Waals surface area contributed by atoms with Crippen molar-refractivity contribution < 1.29 is 17.5 Å². The Labute approximate surface area is 127 Å². The van der Waals surface area contributed by atoms with E-state index in [9.17, 15) is 12.8 Å². The van der Waals surface area contributed by atoms with E-state index >= 15 is 0 Å². The molecule has 0 unspecified atom stereocenters. The molecule has 0 fully saturated rings. The van der Waals surface area contributed by atoms with Crippen LogP contribution in [0.25, 0.3) is 0 Å². The fourth-order valence-corrected chi connectivity index (χ4v) is 3.17. The Balaban J connectivity index is 2.22. The fraction of sp³-hybridized carbons (Fsp3) is 0.143. The van der Waals surface area contributed by atoms with E-state index < -0.39 is 10.0 Å². The SMILES string of the molecule is COc1ccc(Cl)cc1S(=O)(=O)NCc1ccc(F)cc1. The molecule has 0 saturated heterocycles. The monoisotopic (exact) mass is 329 g/mol. The average molecular weight is 330 g/mol. The van der Waals surface area contributed by atoms with Crippen LogP contribution in [-0.4, -0.2) is 15.5 Å². The summed E-state index contributed by atoms with van der Waals surface area (Å²) in [5, 5.41) is 0.290. The van der Waals surface area contributed by atoms with Gasteiger partial charge < -0.3 is 4.74 Å². The van der Waals surface area contributed by atoms with Gasteiger partial charge in [0.15, 0.2) is 0 Å². The van der Waals surface area contributed by atoms with E-state index in [4.69, 9.17) is 16.3 Å². The minimum atomic E-state index is -3.79. The van der Waals surface area contributed by atoms with Crippen LogP contribution in [0.3, 0.4) is 0 Å². The topological polar surface area (TPSA) is 55.4 Å². The van der Waals surface area contributed by atoms with Crippen LogP contribution in [0.5, 0.6) is 5.75 Å². The third-order valence-electron chi connectivity index (χ3n) is 2.79. The lowest BCUT2D eigenvalue weighted by molar-refractivity contribution is 0.402. The van der Waals surface area contributed by atoms with Crippen molar-refractivity contribution in [1.82, 2.24) is 4.72 Å². The number of benzene rings is 2. The van der Waals surface area contributed by atoms with E-state index in [2.05, 4.69) is 4.72 Å². The second-order valence-electron chi connectivity index (χ2n) is 4.25. The summed E-state index contributed by atoms with van der Waals surface area (Å²) in [4.78, 5) is -0.0420. The lowest BCUT2D eigenvalue weighted by Crippen LogP contribution is -2.23.